The van der Waals surface area contributed by atoms with Crippen molar-refractivity contribution < 1.29 is 0 Å². The summed E-state index contributed by atoms with van der Waals surface area (Å²) in [6.45, 7) is 5.11. The van der Waals surface area contributed by atoms with Crippen LogP contribution < -0.4 is 5.32 Å². The van der Waals surface area contributed by atoms with Crippen molar-refractivity contribution in [2.75, 3.05) is 5.32 Å². The number of pyridine rings is 1. The van der Waals surface area contributed by atoms with E-state index >= 15 is 0 Å². The smallest absolute Gasteiger partial charge is 0.0945 e. The summed E-state index contributed by atoms with van der Waals surface area (Å²) in [5, 5.41) is 8.31. The second-order valence-corrected chi connectivity index (χ2v) is 6.85. The molecule has 2 aromatic carbocycles. The Bertz CT molecular complexity index is 1050. The van der Waals surface area contributed by atoms with Gasteiger partial charge in [0.05, 0.1) is 11.4 Å². The predicted octanol–water partition coefficient (Wildman–Crippen LogP) is 5.42. The van der Waals surface area contributed by atoms with Crippen LogP contribution in [0.2, 0.25) is 0 Å². The van der Waals surface area contributed by atoms with Gasteiger partial charge in [-0.25, -0.2) is 4.68 Å². The van der Waals surface area contributed by atoms with E-state index in [4.69, 9.17) is 5.10 Å². The Hall–Kier alpha value is -3.40. The predicted molar refractivity (Wildman–Crippen MR) is 115 cm³/mol. The van der Waals surface area contributed by atoms with Crippen molar-refractivity contribution in [2.24, 2.45) is 0 Å². The van der Waals surface area contributed by atoms with Gasteiger partial charge in [-0.05, 0) is 66.9 Å². The third-order valence-electron chi connectivity index (χ3n) is 4.96. The Labute approximate surface area is 165 Å². The average molecular weight is 368 g/mol. The molecule has 0 radical (unpaired) electrons. The first-order valence-electron chi connectivity index (χ1n) is 9.63. The quantitative estimate of drug-likeness (QED) is 0.494. The van der Waals surface area contributed by atoms with Crippen LogP contribution >= 0.6 is 0 Å². The molecule has 4 nitrogen and oxygen atoms in total. The van der Waals surface area contributed by atoms with Gasteiger partial charge in [-0.15, -0.1) is 0 Å². The molecular formula is C24H24N4. The first-order valence-corrected chi connectivity index (χ1v) is 9.63. The van der Waals surface area contributed by atoms with Crippen molar-refractivity contribution in [3.05, 3.63) is 95.9 Å². The minimum Gasteiger partial charge on any atom is -0.381 e. The lowest BCUT2D eigenvalue weighted by Crippen LogP contribution is -2.03. The molecule has 0 fully saturated rings. The highest BCUT2D eigenvalue weighted by molar-refractivity contribution is 5.59. The summed E-state index contributed by atoms with van der Waals surface area (Å²) in [6, 6.07) is 23.0. The molecule has 28 heavy (non-hydrogen) atoms. The van der Waals surface area contributed by atoms with E-state index in [0.717, 1.165) is 35.6 Å². The van der Waals surface area contributed by atoms with Crippen molar-refractivity contribution in [1.29, 1.82) is 0 Å². The first-order chi connectivity index (χ1) is 13.7. The van der Waals surface area contributed by atoms with E-state index in [2.05, 4.69) is 78.7 Å². The van der Waals surface area contributed by atoms with Crippen LogP contribution in [0.4, 0.5) is 5.69 Å². The second kappa shape index (κ2) is 8.09. The zero-order chi connectivity index (χ0) is 19.3. The molecule has 2 heterocycles. The van der Waals surface area contributed by atoms with E-state index in [-0.39, 0.29) is 0 Å². The number of nitrogens with zero attached hydrogens (tertiary/aromatic N) is 3. The zero-order valence-electron chi connectivity index (χ0n) is 16.3. The maximum absolute atomic E-state index is 4.81. The Morgan fingerprint density at radius 3 is 2.50 bits per heavy atom. The topological polar surface area (TPSA) is 42.7 Å². The van der Waals surface area contributed by atoms with E-state index in [1.54, 1.807) is 6.20 Å². The van der Waals surface area contributed by atoms with Gasteiger partial charge in [0.25, 0.3) is 0 Å². The fourth-order valence-corrected chi connectivity index (χ4v) is 3.28. The molecule has 0 aliphatic heterocycles. The number of hydrogen-bond acceptors (Lipinski definition) is 3. The summed E-state index contributed by atoms with van der Waals surface area (Å²) < 4.78 is 2.02. The molecule has 2 aromatic heterocycles. The fourth-order valence-electron chi connectivity index (χ4n) is 3.28. The molecule has 0 aliphatic carbocycles. The maximum Gasteiger partial charge on any atom is 0.0945 e. The van der Waals surface area contributed by atoms with Crippen LogP contribution in [0.5, 0.6) is 0 Å². The van der Waals surface area contributed by atoms with Crippen LogP contribution in [-0.2, 0) is 13.0 Å². The normalized spacial score (nSPS) is 10.8. The van der Waals surface area contributed by atoms with Crippen LogP contribution in [0.15, 0.2) is 79.1 Å². The third kappa shape index (κ3) is 3.81. The Morgan fingerprint density at radius 2 is 1.79 bits per heavy atom. The summed E-state index contributed by atoms with van der Waals surface area (Å²) in [7, 11) is 0. The summed E-state index contributed by atoms with van der Waals surface area (Å²) >= 11 is 0. The molecule has 0 spiro atoms. The Kier molecular flexibility index (Phi) is 5.20. The standard InChI is InChI=1S/C24H24N4/c1-3-22-15-24(20-9-6-14-25-16-20)27-28(22)23-12-10-21(11-13-23)26-17-19-8-5-4-7-18(19)2/h4-16,26H,3,17H2,1-2H3. The molecule has 4 rings (SSSR count). The highest BCUT2D eigenvalue weighted by Crippen LogP contribution is 2.22. The summed E-state index contributed by atoms with van der Waals surface area (Å²) in [4.78, 5) is 4.20. The number of aryl methyl sites for hydroxylation is 2. The average Bonchev–Trinajstić information content (AvgIpc) is 3.19. The molecule has 4 aromatic rings. The van der Waals surface area contributed by atoms with Crippen LogP contribution in [0.3, 0.4) is 0 Å². The van der Waals surface area contributed by atoms with E-state index in [9.17, 15) is 0 Å². The first kappa shape index (κ1) is 18.0. The van der Waals surface area contributed by atoms with Gasteiger partial charge in [-0.3, -0.25) is 4.98 Å². The Morgan fingerprint density at radius 1 is 0.964 bits per heavy atom. The molecule has 0 unspecified atom stereocenters. The number of nitrogens with one attached hydrogen (secondary N) is 1. The van der Waals surface area contributed by atoms with Gasteiger partial charge in [0.2, 0.25) is 0 Å². The SMILES string of the molecule is CCc1cc(-c2cccnc2)nn1-c1ccc(NCc2ccccc2C)cc1. The van der Waals surface area contributed by atoms with Crippen molar-refractivity contribution in [2.45, 2.75) is 26.8 Å². The van der Waals surface area contributed by atoms with Gasteiger partial charge in [0.15, 0.2) is 0 Å². The molecule has 4 heteroatoms. The van der Waals surface area contributed by atoms with E-state index in [1.807, 2.05) is 23.0 Å². The molecular weight excluding hydrogens is 344 g/mol. The zero-order valence-corrected chi connectivity index (χ0v) is 16.3. The van der Waals surface area contributed by atoms with E-state index in [0.29, 0.717) is 0 Å². The minimum absolute atomic E-state index is 0.819. The number of aromatic nitrogens is 3. The second-order valence-electron chi connectivity index (χ2n) is 6.85. The molecule has 0 saturated carbocycles. The molecule has 0 atom stereocenters. The monoisotopic (exact) mass is 368 g/mol. The van der Waals surface area contributed by atoms with E-state index in [1.165, 1.54) is 16.8 Å². The highest BCUT2D eigenvalue weighted by Gasteiger charge is 2.10. The third-order valence-corrected chi connectivity index (χ3v) is 4.96. The van der Waals surface area contributed by atoms with Gasteiger partial charge < -0.3 is 5.32 Å². The lowest BCUT2D eigenvalue weighted by Gasteiger charge is -2.11. The van der Waals surface area contributed by atoms with Crippen LogP contribution in [0.25, 0.3) is 16.9 Å². The molecule has 0 amide bonds. The summed E-state index contributed by atoms with van der Waals surface area (Å²) in [5.41, 5.74) is 7.95. The number of benzene rings is 2. The number of hydrogen-bond donors (Lipinski definition) is 1. The molecule has 1 N–H and O–H groups in total. The van der Waals surface area contributed by atoms with Crippen molar-refractivity contribution in [3.63, 3.8) is 0 Å². The molecule has 0 bridgehead atoms. The lowest BCUT2D eigenvalue weighted by atomic mass is 10.1. The van der Waals surface area contributed by atoms with Crippen molar-refractivity contribution in [1.82, 2.24) is 14.8 Å². The lowest BCUT2D eigenvalue weighted by molar-refractivity contribution is 0.816. The fraction of sp³-hybridized carbons (Fsp3) is 0.167. The van der Waals surface area contributed by atoms with Gasteiger partial charge in [0, 0.05) is 35.9 Å². The van der Waals surface area contributed by atoms with Crippen LogP contribution in [0, 0.1) is 6.92 Å². The molecule has 140 valence electrons. The van der Waals surface area contributed by atoms with Gasteiger partial charge >= 0.3 is 0 Å². The Balaban J connectivity index is 1.54. The van der Waals surface area contributed by atoms with Crippen LogP contribution in [-0.4, -0.2) is 14.8 Å². The highest BCUT2D eigenvalue weighted by atomic mass is 15.3. The molecule has 0 aliphatic rings. The maximum atomic E-state index is 4.81. The van der Waals surface area contributed by atoms with Crippen LogP contribution in [0.1, 0.15) is 23.7 Å². The van der Waals surface area contributed by atoms with E-state index < -0.39 is 0 Å². The largest absolute Gasteiger partial charge is 0.381 e. The van der Waals surface area contributed by atoms with Gasteiger partial charge in [-0.2, -0.15) is 5.10 Å². The van der Waals surface area contributed by atoms with Gasteiger partial charge in [-0.1, -0.05) is 31.2 Å². The summed E-state index contributed by atoms with van der Waals surface area (Å²) in [6.07, 6.45) is 4.55. The van der Waals surface area contributed by atoms with Crippen molar-refractivity contribution >= 4 is 5.69 Å². The molecule has 0 saturated heterocycles. The number of anilines is 1. The summed E-state index contributed by atoms with van der Waals surface area (Å²) in [5.74, 6) is 0. The van der Waals surface area contributed by atoms with Gasteiger partial charge in [0.1, 0.15) is 0 Å². The number of rotatable bonds is 6. The van der Waals surface area contributed by atoms with Crippen molar-refractivity contribution in [3.8, 4) is 16.9 Å². The minimum atomic E-state index is 0.819.